The highest BCUT2D eigenvalue weighted by molar-refractivity contribution is 6.02. The second-order valence-electron chi connectivity index (χ2n) is 7.02. The summed E-state index contributed by atoms with van der Waals surface area (Å²) in [5, 5.41) is 0. The van der Waals surface area contributed by atoms with Gasteiger partial charge in [-0.2, -0.15) is 0 Å². The average Bonchev–Trinajstić information content (AvgIpc) is 2.98. The van der Waals surface area contributed by atoms with Crippen molar-refractivity contribution in [3.8, 4) is 0 Å². The monoisotopic (exact) mass is 371 g/mol. The van der Waals surface area contributed by atoms with Gasteiger partial charge in [0, 0.05) is 37.4 Å². The number of carbonyl (C=O) groups is 2. The van der Waals surface area contributed by atoms with Crippen LogP contribution in [0.1, 0.15) is 52.4 Å². The second-order valence-corrected chi connectivity index (χ2v) is 7.02. The fourth-order valence-electron chi connectivity index (χ4n) is 3.85. The van der Waals surface area contributed by atoms with Crippen molar-refractivity contribution in [3.05, 3.63) is 52.6 Å². The molecule has 1 aromatic carbocycles. The van der Waals surface area contributed by atoms with E-state index in [4.69, 9.17) is 0 Å². The van der Waals surface area contributed by atoms with Crippen molar-refractivity contribution in [2.45, 2.75) is 33.6 Å². The minimum absolute atomic E-state index is 0.0179. The molecule has 1 aliphatic rings. The zero-order chi connectivity index (χ0) is 19.6. The van der Waals surface area contributed by atoms with Gasteiger partial charge < -0.3 is 14.8 Å². The van der Waals surface area contributed by atoms with Crippen molar-refractivity contribution in [2.75, 3.05) is 31.1 Å². The largest absolute Gasteiger partial charge is 0.366 e. The van der Waals surface area contributed by atoms with Crippen molar-refractivity contribution in [1.82, 2.24) is 9.88 Å². The van der Waals surface area contributed by atoms with E-state index in [2.05, 4.69) is 4.98 Å². The van der Waals surface area contributed by atoms with Gasteiger partial charge in [0.15, 0.2) is 5.78 Å². The van der Waals surface area contributed by atoms with Crippen LogP contribution >= 0.6 is 0 Å². The first-order valence-electron chi connectivity index (χ1n) is 9.45. The van der Waals surface area contributed by atoms with E-state index in [1.54, 1.807) is 17.0 Å². The molecule has 6 heteroatoms. The van der Waals surface area contributed by atoms with Crippen LogP contribution in [-0.4, -0.2) is 47.8 Å². The van der Waals surface area contributed by atoms with Crippen LogP contribution in [0.15, 0.2) is 24.3 Å². The van der Waals surface area contributed by atoms with Crippen LogP contribution in [0.4, 0.5) is 10.1 Å². The number of amides is 1. The smallest absolute Gasteiger partial charge is 0.270 e. The molecule has 0 bridgehead atoms. The maximum atomic E-state index is 14.0. The molecule has 1 aromatic heterocycles. The number of benzene rings is 1. The van der Waals surface area contributed by atoms with E-state index in [0.717, 1.165) is 17.7 Å². The summed E-state index contributed by atoms with van der Waals surface area (Å²) in [7, 11) is 0. The van der Waals surface area contributed by atoms with Gasteiger partial charge in [-0.1, -0.05) is 25.5 Å². The molecule has 0 unspecified atom stereocenters. The Morgan fingerprint density at radius 3 is 2.41 bits per heavy atom. The Morgan fingerprint density at radius 2 is 1.81 bits per heavy atom. The van der Waals surface area contributed by atoms with Crippen LogP contribution in [-0.2, 0) is 6.42 Å². The van der Waals surface area contributed by atoms with Gasteiger partial charge in [-0.3, -0.25) is 9.59 Å². The number of H-pyrrole nitrogens is 1. The summed E-state index contributed by atoms with van der Waals surface area (Å²) in [6.07, 6.45) is 1.55. The summed E-state index contributed by atoms with van der Waals surface area (Å²) in [5.41, 5.74) is 3.32. The first-order valence-corrected chi connectivity index (χ1v) is 9.45. The Bertz CT molecular complexity index is 851. The highest BCUT2D eigenvalue weighted by Gasteiger charge is 2.28. The van der Waals surface area contributed by atoms with E-state index in [-0.39, 0.29) is 17.5 Å². The van der Waals surface area contributed by atoms with E-state index in [1.807, 2.05) is 24.8 Å². The highest BCUT2D eigenvalue weighted by Crippen LogP contribution is 2.24. The number of aromatic nitrogens is 1. The first-order chi connectivity index (χ1) is 12.9. The maximum Gasteiger partial charge on any atom is 0.270 e. The normalized spacial score (nSPS) is 14.5. The fraction of sp³-hybridized carbons (Fsp3) is 0.429. The van der Waals surface area contributed by atoms with Crippen LogP contribution in [0.5, 0.6) is 0 Å². The molecule has 1 fully saturated rings. The van der Waals surface area contributed by atoms with Gasteiger partial charge in [0.25, 0.3) is 5.91 Å². The third-order valence-corrected chi connectivity index (χ3v) is 5.12. The molecule has 2 heterocycles. The quantitative estimate of drug-likeness (QED) is 0.818. The lowest BCUT2D eigenvalue weighted by Gasteiger charge is -2.36. The molecule has 1 N–H and O–H groups in total. The van der Waals surface area contributed by atoms with Gasteiger partial charge in [-0.25, -0.2) is 4.39 Å². The Labute approximate surface area is 159 Å². The molecule has 27 heavy (non-hydrogen) atoms. The van der Waals surface area contributed by atoms with E-state index < -0.39 is 0 Å². The Balaban J connectivity index is 1.77. The SMILES string of the molecule is CCCc1c(C(=O)N2CCN(c3ccccc3F)CC2)[nH]c(C)c1C(C)=O. The molecule has 2 aromatic rings. The van der Waals surface area contributed by atoms with Crippen molar-refractivity contribution in [3.63, 3.8) is 0 Å². The number of Topliss-reactive ketones (excluding diaryl/α,β-unsaturated/α-hetero) is 1. The Kier molecular flexibility index (Phi) is 5.63. The zero-order valence-electron chi connectivity index (χ0n) is 16.1. The van der Waals surface area contributed by atoms with Gasteiger partial charge in [-0.15, -0.1) is 0 Å². The lowest BCUT2D eigenvalue weighted by molar-refractivity contribution is 0.0740. The third-order valence-electron chi connectivity index (χ3n) is 5.12. The number of nitrogens with zero attached hydrogens (tertiary/aromatic N) is 2. The zero-order valence-corrected chi connectivity index (χ0v) is 16.1. The van der Waals surface area contributed by atoms with Crippen LogP contribution in [0, 0.1) is 12.7 Å². The van der Waals surface area contributed by atoms with Gasteiger partial charge in [0.05, 0.1) is 5.69 Å². The molecule has 144 valence electrons. The first kappa shape index (κ1) is 19.1. The lowest BCUT2D eigenvalue weighted by Crippen LogP contribution is -2.49. The van der Waals surface area contributed by atoms with Gasteiger partial charge in [0.2, 0.25) is 0 Å². The number of rotatable bonds is 5. The van der Waals surface area contributed by atoms with Crippen molar-refractivity contribution < 1.29 is 14.0 Å². The predicted molar refractivity (Wildman–Crippen MR) is 104 cm³/mol. The molecular weight excluding hydrogens is 345 g/mol. The van der Waals surface area contributed by atoms with E-state index in [0.29, 0.717) is 49.5 Å². The van der Waals surface area contributed by atoms with E-state index in [9.17, 15) is 14.0 Å². The van der Waals surface area contributed by atoms with Crippen LogP contribution in [0.25, 0.3) is 0 Å². The lowest BCUT2D eigenvalue weighted by atomic mass is 10.0. The molecule has 3 rings (SSSR count). The Morgan fingerprint density at radius 1 is 1.15 bits per heavy atom. The molecule has 0 spiro atoms. The molecule has 0 aliphatic carbocycles. The number of nitrogens with one attached hydrogen (secondary N) is 1. The van der Waals surface area contributed by atoms with Crippen molar-refractivity contribution >= 4 is 17.4 Å². The number of anilines is 1. The number of aromatic amines is 1. The van der Waals surface area contributed by atoms with Crippen LogP contribution in [0.3, 0.4) is 0 Å². The number of halogens is 1. The summed E-state index contributed by atoms with van der Waals surface area (Å²) >= 11 is 0. The summed E-state index contributed by atoms with van der Waals surface area (Å²) < 4.78 is 14.0. The standard InChI is InChI=1S/C21H26FN3O2/c1-4-7-16-19(15(3)26)14(2)23-20(16)21(27)25-12-10-24(11-13-25)18-9-6-5-8-17(18)22/h5-6,8-9,23H,4,7,10-13H2,1-3H3. The average molecular weight is 371 g/mol. The topological polar surface area (TPSA) is 56.4 Å². The summed E-state index contributed by atoms with van der Waals surface area (Å²) in [5.74, 6) is -0.341. The molecule has 1 amide bonds. The molecule has 5 nitrogen and oxygen atoms in total. The highest BCUT2D eigenvalue weighted by atomic mass is 19.1. The third kappa shape index (κ3) is 3.75. The Hall–Kier alpha value is -2.63. The van der Waals surface area contributed by atoms with Gasteiger partial charge in [-0.05, 0) is 38.0 Å². The number of piperazine rings is 1. The van der Waals surface area contributed by atoms with Gasteiger partial charge >= 0.3 is 0 Å². The fourth-order valence-corrected chi connectivity index (χ4v) is 3.85. The van der Waals surface area contributed by atoms with Crippen LogP contribution in [0.2, 0.25) is 0 Å². The minimum atomic E-state index is -0.242. The van der Waals surface area contributed by atoms with Gasteiger partial charge in [0.1, 0.15) is 11.5 Å². The van der Waals surface area contributed by atoms with E-state index >= 15 is 0 Å². The summed E-state index contributed by atoms with van der Waals surface area (Å²) in [6, 6.07) is 6.71. The predicted octanol–water partition coefficient (Wildman–Crippen LogP) is 3.58. The number of hydrogen-bond donors (Lipinski definition) is 1. The molecule has 0 saturated carbocycles. The molecule has 1 saturated heterocycles. The van der Waals surface area contributed by atoms with Crippen molar-refractivity contribution in [2.24, 2.45) is 0 Å². The minimum Gasteiger partial charge on any atom is -0.366 e. The molecule has 1 aliphatic heterocycles. The number of aryl methyl sites for hydroxylation is 1. The molecular formula is C21H26FN3O2. The van der Waals surface area contributed by atoms with Crippen molar-refractivity contribution in [1.29, 1.82) is 0 Å². The number of ketones is 1. The van der Waals surface area contributed by atoms with E-state index in [1.165, 1.54) is 13.0 Å². The molecule has 0 radical (unpaired) electrons. The molecule has 0 atom stereocenters. The number of para-hydroxylation sites is 1. The number of hydrogen-bond acceptors (Lipinski definition) is 3. The van der Waals surface area contributed by atoms with Crippen LogP contribution < -0.4 is 4.90 Å². The maximum absolute atomic E-state index is 14.0. The summed E-state index contributed by atoms with van der Waals surface area (Å²) in [4.78, 5) is 32.0. The number of carbonyl (C=O) groups excluding carboxylic acids is 2. The second kappa shape index (κ2) is 7.94. The summed E-state index contributed by atoms with van der Waals surface area (Å²) in [6.45, 7) is 7.61.